The van der Waals surface area contributed by atoms with Crippen LogP contribution in [0.25, 0.3) is 11.0 Å². The normalized spacial score (nSPS) is 17.9. The van der Waals surface area contributed by atoms with Crippen LogP contribution in [0, 0.1) is 18.3 Å². The number of aryl methyl sites for hydroxylation is 2. The zero-order valence-electron chi connectivity index (χ0n) is 12.1. The van der Waals surface area contributed by atoms with Crippen molar-refractivity contribution in [2.75, 3.05) is 0 Å². The molecule has 0 radical (unpaired) electrons. The van der Waals surface area contributed by atoms with Crippen LogP contribution in [0.15, 0.2) is 24.3 Å². The summed E-state index contributed by atoms with van der Waals surface area (Å²) in [5, 5.41) is 12.9. The fourth-order valence-corrected chi connectivity index (χ4v) is 2.65. The smallest absolute Gasteiger partial charge is 0.106 e. The Morgan fingerprint density at radius 2 is 2.20 bits per heavy atom. The Hall–Kier alpha value is -1.86. The van der Waals surface area contributed by atoms with Gasteiger partial charge in [0.25, 0.3) is 0 Å². The van der Waals surface area contributed by atoms with Crippen LogP contribution >= 0.6 is 0 Å². The van der Waals surface area contributed by atoms with Crippen LogP contribution in [0.2, 0.25) is 0 Å². The molecule has 0 saturated heterocycles. The number of nitrogens with one attached hydrogen (secondary N) is 1. The van der Waals surface area contributed by atoms with E-state index >= 15 is 0 Å². The lowest BCUT2D eigenvalue weighted by Gasteiger charge is -2.23. The van der Waals surface area contributed by atoms with Crippen LogP contribution in [0.1, 0.15) is 32.0 Å². The Morgan fingerprint density at radius 3 is 2.90 bits per heavy atom. The number of nitrogens with zero attached hydrogens (tertiary/aromatic N) is 3. The lowest BCUT2D eigenvalue weighted by molar-refractivity contribution is 0.390. The maximum absolute atomic E-state index is 9.44. The minimum Gasteiger partial charge on any atom is -0.328 e. The third kappa shape index (κ3) is 2.54. The molecular formula is C16H20N4. The van der Waals surface area contributed by atoms with Crippen molar-refractivity contribution in [3.8, 4) is 6.07 Å². The first kappa shape index (κ1) is 13.1. The van der Waals surface area contributed by atoms with E-state index in [2.05, 4.69) is 27.0 Å². The maximum Gasteiger partial charge on any atom is 0.106 e. The lowest BCUT2D eigenvalue weighted by atomic mass is 9.99. The third-order valence-corrected chi connectivity index (χ3v) is 4.03. The van der Waals surface area contributed by atoms with Gasteiger partial charge < -0.3 is 4.57 Å². The summed E-state index contributed by atoms with van der Waals surface area (Å²) >= 11 is 0. The van der Waals surface area contributed by atoms with E-state index in [9.17, 15) is 5.26 Å². The SMILES string of the molecule is Cc1nc2ccccc2n1CCC(C)(C#N)NC1CC1. The molecule has 1 N–H and O–H groups in total. The number of para-hydroxylation sites is 2. The average molecular weight is 268 g/mol. The Bertz CT molecular complexity index is 663. The molecular weight excluding hydrogens is 248 g/mol. The van der Waals surface area contributed by atoms with E-state index in [0.29, 0.717) is 6.04 Å². The second kappa shape index (κ2) is 4.92. The first-order valence-corrected chi connectivity index (χ1v) is 7.22. The molecule has 0 amide bonds. The number of fused-ring (bicyclic) bond motifs is 1. The summed E-state index contributed by atoms with van der Waals surface area (Å²) in [7, 11) is 0. The van der Waals surface area contributed by atoms with Gasteiger partial charge in [-0.15, -0.1) is 0 Å². The minimum atomic E-state index is -0.445. The number of imidazole rings is 1. The highest BCUT2D eigenvalue weighted by Gasteiger charge is 2.32. The highest BCUT2D eigenvalue weighted by Crippen LogP contribution is 2.25. The summed E-state index contributed by atoms with van der Waals surface area (Å²) in [4.78, 5) is 4.57. The summed E-state index contributed by atoms with van der Waals surface area (Å²) in [6.45, 7) is 4.84. The molecule has 3 rings (SSSR count). The van der Waals surface area contributed by atoms with Crippen LogP contribution in [-0.2, 0) is 6.54 Å². The molecule has 1 saturated carbocycles. The van der Waals surface area contributed by atoms with Crippen LogP contribution in [0.4, 0.5) is 0 Å². The van der Waals surface area contributed by atoms with Crippen LogP contribution in [0.5, 0.6) is 0 Å². The van der Waals surface area contributed by atoms with Gasteiger partial charge in [0, 0.05) is 12.6 Å². The van der Waals surface area contributed by atoms with Crippen molar-refractivity contribution in [1.29, 1.82) is 5.26 Å². The van der Waals surface area contributed by atoms with Crippen LogP contribution in [-0.4, -0.2) is 21.1 Å². The van der Waals surface area contributed by atoms with Gasteiger partial charge in [-0.05, 0) is 45.2 Å². The van der Waals surface area contributed by atoms with Gasteiger partial charge in [0.2, 0.25) is 0 Å². The van der Waals surface area contributed by atoms with Crippen molar-refractivity contribution >= 4 is 11.0 Å². The first-order valence-electron chi connectivity index (χ1n) is 7.22. The number of hydrogen-bond donors (Lipinski definition) is 1. The van der Waals surface area contributed by atoms with E-state index in [1.54, 1.807) is 0 Å². The number of rotatable bonds is 5. The molecule has 20 heavy (non-hydrogen) atoms. The molecule has 2 aromatic rings. The van der Waals surface area contributed by atoms with Crippen molar-refractivity contribution in [3.63, 3.8) is 0 Å². The van der Waals surface area contributed by atoms with Crippen LogP contribution < -0.4 is 5.32 Å². The average Bonchev–Trinajstić information content (AvgIpc) is 3.18. The highest BCUT2D eigenvalue weighted by atomic mass is 15.1. The monoisotopic (exact) mass is 268 g/mol. The lowest BCUT2D eigenvalue weighted by Crippen LogP contribution is -2.43. The predicted octanol–water partition coefficient (Wildman–Crippen LogP) is 2.77. The zero-order chi connectivity index (χ0) is 14.2. The predicted molar refractivity (Wildman–Crippen MR) is 79.3 cm³/mol. The molecule has 4 nitrogen and oxygen atoms in total. The van der Waals surface area contributed by atoms with Gasteiger partial charge in [0.05, 0.1) is 17.1 Å². The molecule has 0 bridgehead atoms. The largest absolute Gasteiger partial charge is 0.328 e. The van der Waals surface area contributed by atoms with E-state index in [4.69, 9.17) is 0 Å². The second-order valence-electron chi connectivity index (χ2n) is 5.91. The Labute approximate surface area is 119 Å². The molecule has 1 aromatic carbocycles. The fourth-order valence-electron chi connectivity index (χ4n) is 2.65. The summed E-state index contributed by atoms with van der Waals surface area (Å²) < 4.78 is 2.21. The van der Waals surface area contributed by atoms with Crippen molar-refractivity contribution in [2.24, 2.45) is 0 Å². The van der Waals surface area contributed by atoms with E-state index in [1.807, 2.05) is 32.0 Å². The fraction of sp³-hybridized carbons (Fsp3) is 0.500. The molecule has 4 heteroatoms. The first-order chi connectivity index (χ1) is 9.61. The van der Waals surface area contributed by atoms with Gasteiger partial charge in [-0.1, -0.05) is 12.1 Å². The summed E-state index contributed by atoms with van der Waals surface area (Å²) in [6, 6.07) is 11.1. The van der Waals surface area contributed by atoms with Crippen LogP contribution in [0.3, 0.4) is 0 Å². The molecule has 1 atom stereocenters. The van der Waals surface area contributed by atoms with Gasteiger partial charge in [0.1, 0.15) is 11.4 Å². The number of aromatic nitrogens is 2. The van der Waals surface area contributed by atoms with Crippen molar-refractivity contribution in [3.05, 3.63) is 30.1 Å². The highest BCUT2D eigenvalue weighted by molar-refractivity contribution is 5.75. The molecule has 1 aromatic heterocycles. The van der Waals surface area contributed by atoms with E-state index in [1.165, 1.54) is 12.8 Å². The Balaban J connectivity index is 1.79. The van der Waals surface area contributed by atoms with E-state index in [0.717, 1.165) is 29.8 Å². The molecule has 1 aliphatic carbocycles. The van der Waals surface area contributed by atoms with Gasteiger partial charge in [-0.2, -0.15) is 5.26 Å². The minimum absolute atomic E-state index is 0.445. The summed E-state index contributed by atoms with van der Waals surface area (Å²) in [6.07, 6.45) is 3.19. The van der Waals surface area contributed by atoms with E-state index in [-0.39, 0.29) is 0 Å². The molecule has 1 aliphatic rings. The molecule has 0 aliphatic heterocycles. The number of nitriles is 1. The summed E-state index contributed by atoms with van der Waals surface area (Å²) in [5.74, 6) is 1.01. The Kier molecular flexibility index (Phi) is 3.23. The van der Waals surface area contributed by atoms with Gasteiger partial charge in [-0.25, -0.2) is 4.98 Å². The quantitative estimate of drug-likeness (QED) is 0.907. The van der Waals surface area contributed by atoms with Gasteiger partial charge in [0.15, 0.2) is 0 Å². The van der Waals surface area contributed by atoms with Gasteiger partial charge in [-0.3, -0.25) is 5.32 Å². The Morgan fingerprint density at radius 1 is 1.45 bits per heavy atom. The number of hydrogen-bond acceptors (Lipinski definition) is 3. The van der Waals surface area contributed by atoms with E-state index < -0.39 is 5.54 Å². The van der Waals surface area contributed by atoms with Crippen molar-refractivity contribution in [1.82, 2.24) is 14.9 Å². The van der Waals surface area contributed by atoms with Gasteiger partial charge >= 0.3 is 0 Å². The molecule has 1 heterocycles. The third-order valence-electron chi connectivity index (χ3n) is 4.03. The molecule has 0 spiro atoms. The molecule has 104 valence electrons. The maximum atomic E-state index is 9.44. The number of benzene rings is 1. The molecule has 1 fully saturated rings. The molecule has 1 unspecified atom stereocenters. The topological polar surface area (TPSA) is 53.6 Å². The van der Waals surface area contributed by atoms with Crippen molar-refractivity contribution in [2.45, 2.75) is 51.2 Å². The summed E-state index contributed by atoms with van der Waals surface area (Å²) in [5.41, 5.74) is 1.73. The second-order valence-corrected chi connectivity index (χ2v) is 5.91. The zero-order valence-corrected chi connectivity index (χ0v) is 12.1. The van der Waals surface area contributed by atoms with Crippen molar-refractivity contribution < 1.29 is 0 Å². The standard InChI is InChI=1S/C16H20N4/c1-12-18-14-5-3-4-6-15(14)20(12)10-9-16(2,11-17)19-13-7-8-13/h3-6,13,19H,7-10H2,1-2H3.